The summed E-state index contributed by atoms with van der Waals surface area (Å²) in [6.45, 7) is 1.52. The molecule has 2 fully saturated rings. The van der Waals surface area contributed by atoms with E-state index in [1.165, 1.54) is 38.5 Å². The smallest absolute Gasteiger partial charge is 0.238 e. The molecule has 5 heteroatoms. The second kappa shape index (κ2) is 7.88. The van der Waals surface area contributed by atoms with Crippen molar-refractivity contribution in [2.75, 3.05) is 32.6 Å². The summed E-state index contributed by atoms with van der Waals surface area (Å²) in [6, 6.07) is 6.06. The Kier molecular flexibility index (Phi) is 5.61. The van der Waals surface area contributed by atoms with Crippen molar-refractivity contribution in [2.24, 2.45) is 5.92 Å². The first kappa shape index (κ1) is 17.1. The maximum Gasteiger partial charge on any atom is 0.238 e. The van der Waals surface area contributed by atoms with Crippen molar-refractivity contribution in [3.63, 3.8) is 0 Å². The van der Waals surface area contributed by atoms with Crippen LogP contribution in [0.2, 0.25) is 0 Å². The van der Waals surface area contributed by atoms with Crippen LogP contribution in [0.5, 0.6) is 11.5 Å². The quantitative estimate of drug-likeness (QED) is 0.899. The number of hydrogen-bond acceptors (Lipinski definition) is 4. The van der Waals surface area contributed by atoms with Gasteiger partial charge >= 0.3 is 0 Å². The average molecular weight is 332 g/mol. The fraction of sp³-hybridized carbons (Fsp3) is 0.632. The molecule has 1 N–H and O–H groups in total. The molecule has 1 saturated heterocycles. The molecule has 1 aliphatic heterocycles. The zero-order valence-corrected chi connectivity index (χ0v) is 14.7. The summed E-state index contributed by atoms with van der Waals surface area (Å²) in [5.74, 6) is 2.13. The summed E-state index contributed by atoms with van der Waals surface area (Å²) in [5.41, 5.74) is 0.745. The second-order valence-electron chi connectivity index (χ2n) is 6.84. The number of rotatable bonds is 5. The Morgan fingerprint density at radius 2 is 1.88 bits per heavy atom. The predicted molar refractivity (Wildman–Crippen MR) is 94.7 cm³/mol. The van der Waals surface area contributed by atoms with Gasteiger partial charge in [-0.2, -0.15) is 0 Å². The molecule has 24 heavy (non-hydrogen) atoms. The SMILES string of the molecule is COc1ccc(NC(=O)CN2CCC[C@H]3CCCC[C@@H]32)cc1OC. The van der Waals surface area contributed by atoms with E-state index in [1.54, 1.807) is 20.3 Å². The van der Waals surface area contributed by atoms with Crippen molar-refractivity contribution in [2.45, 2.75) is 44.6 Å². The van der Waals surface area contributed by atoms with Gasteiger partial charge in [0, 0.05) is 17.8 Å². The van der Waals surface area contributed by atoms with Crippen LogP contribution in [0.3, 0.4) is 0 Å². The fourth-order valence-electron chi connectivity index (χ4n) is 4.22. The molecule has 0 bridgehead atoms. The van der Waals surface area contributed by atoms with Crippen molar-refractivity contribution < 1.29 is 14.3 Å². The third-order valence-electron chi connectivity index (χ3n) is 5.37. The van der Waals surface area contributed by atoms with Crippen LogP contribution in [0, 0.1) is 5.92 Å². The maximum absolute atomic E-state index is 12.5. The Hall–Kier alpha value is -1.75. The number of nitrogens with zero attached hydrogens (tertiary/aromatic N) is 1. The molecule has 3 rings (SSSR count). The number of carbonyl (C=O) groups is 1. The molecular weight excluding hydrogens is 304 g/mol. The lowest BCUT2D eigenvalue weighted by Gasteiger charge is -2.43. The third-order valence-corrected chi connectivity index (χ3v) is 5.37. The van der Waals surface area contributed by atoms with E-state index in [2.05, 4.69) is 10.2 Å². The lowest BCUT2D eigenvalue weighted by Crippen LogP contribution is -2.49. The standard InChI is InChI=1S/C19H28N2O3/c1-23-17-10-9-15(12-18(17)24-2)20-19(22)13-21-11-5-7-14-6-3-4-8-16(14)21/h9-10,12,14,16H,3-8,11,13H2,1-2H3,(H,20,22)/t14-,16+/m1/s1. The molecule has 0 unspecified atom stereocenters. The molecule has 0 radical (unpaired) electrons. The summed E-state index contributed by atoms with van der Waals surface area (Å²) in [4.78, 5) is 14.9. The Balaban J connectivity index is 1.60. The molecule has 1 amide bonds. The van der Waals surface area contributed by atoms with E-state index in [0.29, 0.717) is 24.1 Å². The van der Waals surface area contributed by atoms with E-state index >= 15 is 0 Å². The molecule has 0 spiro atoms. The lowest BCUT2D eigenvalue weighted by atomic mass is 9.78. The molecule has 0 aromatic heterocycles. The highest BCUT2D eigenvalue weighted by Gasteiger charge is 2.33. The largest absolute Gasteiger partial charge is 0.493 e. The van der Waals surface area contributed by atoms with Crippen LogP contribution in [-0.4, -0.2) is 44.2 Å². The topological polar surface area (TPSA) is 50.8 Å². The third kappa shape index (κ3) is 3.83. The zero-order chi connectivity index (χ0) is 16.9. The molecule has 1 aromatic rings. The summed E-state index contributed by atoms with van der Waals surface area (Å²) in [5, 5.41) is 2.99. The molecule has 1 aliphatic carbocycles. The van der Waals surface area contributed by atoms with Crippen LogP contribution in [-0.2, 0) is 4.79 Å². The van der Waals surface area contributed by atoms with E-state index in [0.717, 1.165) is 18.2 Å². The highest BCUT2D eigenvalue weighted by Crippen LogP contribution is 2.35. The van der Waals surface area contributed by atoms with E-state index in [-0.39, 0.29) is 5.91 Å². The van der Waals surface area contributed by atoms with Crippen LogP contribution in [0.1, 0.15) is 38.5 Å². The van der Waals surface area contributed by atoms with Gasteiger partial charge in [-0.25, -0.2) is 0 Å². The number of piperidine rings is 1. The van der Waals surface area contributed by atoms with Crippen molar-refractivity contribution >= 4 is 11.6 Å². The van der Waals surface area contributed by atoms with E-state index in [1.807, 2.05) is 12.1 Å². The normalized spacial score (nSPS) is 24.1. The minimum atomic E-state index is 0.0495. The number of carbonyl (C=O) groups excluding carboxylic acids is 1. The number of ether oxygens (including phenoxy) is 2. The molecule has 1 saturated carbocycles. The van der Waals surface area contributed by atoms with Crippen molar-refractivity contribution in [1.82, 2.24) is 4.90 Å². The van der Waals surface area contributed by atoms with Gasteiger partial charge in [0.05, 0.1) is 20.8 Å². The summed E-state index contributed by atoms with van der Waals surface area (Å²) >= 11 is 0. The Morgan fingerprint density at radius 1 is 1.12 bits per heavy atom. The minimum Gasteiger partial charge on any atom is -0.493 e. The Labute approximate surface area is 144 Å². The summed E-state index contributed by atoms with van der Waals surface area (Å²) < 4.78 is 10.5. The first-order valence-electron chi connectivity index (χ1n) is 8.97. The van der Waals surface area contributed by atoms with Gasteiger partial charge in [0.2, 0.25) is 5.91 Å². The number of amides is 1. The molecule has 2 atom stereocenters. The van der Waals surface area contributed by atoms with Gasteiger partial charge in [0.1, 0.15) is 0 Å². The molecule has 132 valence electrons. The Morgan fingerprint density at radius 3 is 2.67 bits per heavy atom. The van der Waals surface area contributed by atoms with Gasteiger partial charge in [0.25, 0.3) is 0 Å². The van der Waals surface area contributed by atoms with Gasteiger partial charge < -0.3 is 14.8 Å². The van der Waals surface area contributed by atoms with Crippen LogP contribution in [0.4, 0.5) is 5.69 Å². The predicted octanol–water partition coefficient (Wildman–Crippen LogP) is 3.30. The highest BCUT2D eigenvalue weighted by molar-refractivity contribution is 5.92. The highest BCUT2D eigenvalue weighted by atomic mass is 16.5. The number of fused-ring (bicyclic) bond motifs is 1. The van der Waals surface area contributed by atoms with Crippen molar-refractivity contribution in [3.05, 3.63) is 18.2 Å². The number of hydrogen-bond donors (Lipinski definition) is 1. The molecule has 5 nitrogen and oxygen atoms in total. The molecule has 1 aromatic carbocycles. The average Bonchev–Trinajstić information content (AvgIpc) is 2.62. The zero-order valence-electron chi connectivity index (χ0n) is 14.7. The van der Waals surface area contributed by atoms with Crippen LogP contribution < -0.4 is 14.8 Å². The van der Waals surface area contributed by atoms with E-state index < -0.39 is 0 Å². The summed E-state index contributed by atoms with van der Waals surface area (Å²) in [7, 11) is 3.20. The maximum atomic E-state index is 12.5. The fourth-order valence-corrected chi connectivity index (χ4v) is 4.22. The van der Waals surface area contributed by atoms with Gasteiger partial charge in [0.15, 0.2) is 11.5 Å². The number of anilines is 1. The van der Waals surface area contributed by atoms with Crippen molar-refractivity contribution in [1.29, 1.82) is 0 Å². The Bertz CT molecular complexity index is 574. The lowest BCUT2D eigenvalue weighted by molar-refractivity contribution is -0.118. The molecule has 2 aliphatic rings. The van der Waals surface area contributed by atoms with E-state index in [9.17, 15) is 4.79 Å². The van der Waals surface area contributed by atoms with Gasteiger partial charge in [-0.05, 0) is 50.3 Å². The number of nitrogens with one attached hydrogen (secondary N) is 1. The first-order valence-corrected chi connectivity index (χ1v) is 8.97. The van der Waals surface area contributed by atoms with Crippen LogP contribution in [0.25, 0.3) is 0 Å². The first-order chi connectivity index (χ1) is 11.7. The molecular formula is C19H28N2O3. The van der Waals surface area contributed by atoms with Crippen LogP contribution >= 0.6 is 0 Å². The van der Waals surface area contributed by atoms with E-state index in [4.69, 9.17) is 9.47 Å². The number of likely N-dealkylation sites (tertiary alicyclic amines) is 1. The monoisotopic (exact) mass is 332 g/mol. The van der Waals surface area contributed by atoms with Gasteiger partial charge in [-0.3, -0.25) is 9.69 Å². The van der Waals surface area contributed by atoms with Gasteiger partial charge in [-0.1, -0.05) is 12.8 Å². The molecule has 1 heterocycles. The number of benzene rings is 1. The minimum absolute atomic E-state index is 0.0495. The second-order valence-corrected chi connectivity index (χ2v) is 6.84. The number of methoxy groups -OCH3 is 2. The van der Waals surface area contributed by atoms with Crippen LogP contribution in [0.15, 0.2) is 18.2 Å². The van der Waals surface area contributed by atoms with Gasteiger partial charge in [-0.15, -0.1) is 0 Å². The van der Waals surface area contributed by atoms with Crippen molar-refractivity contribution in [3.8, 4) is 11.5 Å². The summed E-state index contributed by atoms with van der Waals surface area (Å²) in [6.07, 6.45) is 7.78.